The number of aromatic nitrogens is 1. The zero-order chi connectivity index (χ0) is 20.1. The van der Waals surface area contributed by atoms with Crippen LogP contribution >= 0.6 is 11.6 Å². The fourth-order valence-corrected chi connectivity index (χ4v) is 3.37. The lowest BCUT2D eigenvalue weighted by atomic mass is 10.1. The molecule has 0 saturated carbocycles. The zero-order valence-electron chi connectivity index (χ0n) is 16.7. The lowest BCUT2D eigenvalue weighted by Gasteiger charge is -2.20. The van der Waals surface area contributed by atoms with Gasteiger partial charge in [-0.05, 0) is 56.5 Å². The first-order chi connectivity index (χ1) is 13.5. The number of carbonyl (C=O) groups excluding carboxylic acids is 1. The van der Waals surface area contributed by atoms with Gasteiger partial charge in [-0.1, -0.05) is 31.0 Å². The fourth-order valence-electron chi connectivity index (χ4n) is 3.01. The number of ether oxygens (including phenoxy) is 1. The number of aryl methyl sites for hydroxylation is 2. The molecule has 3 aromatic rings. The summed E-state index contributed by atoms with van der Waals surface area (Å²) < 4.78 is 11.7. The van der Waals surface area contributed by atoms with Gasteiger partial charge in [0.25, 0.3) is 5.91 Å². The third-order valence-corrected chi connectivity index (χ3v) is 5.05. The van der Waals surface area contributed by atoms with Gasteiger partial charge in [0.1, 0.15) is 11.3 Å². The number of rotatable bonds is 8. The van der Waals surface area contributed by atoms with Crippen molar-refractivity contribution in [1.82, 2.24) is 4.98 Å². The van der Waals surface area contributed by atoms with Gasteiger partial charge in [0.15, 0.2) is 18.8 Å². The van der Waals surface area contributed by atoms with E-state index in [2.05, 4.69) is 23.3 Å². The lowest BCUT2D eigenvalue weighted by molar-refractivity contribution is -0.123. The van der Waals surface area contributed by atoms with Crippen LogP contribution in [0.25, 0.3) is 11.1 Å². The number of carbonyl (C=O) groups is 1. The van der Waals surface area contributed by atoms with E-state index in [4.69, 9.17) is 9.15 Å². The Labute approximate surface area is 170 Å². The number of amides is 1. The summed E-state index contributed by atoms with van der Waals surface area (Å²) in [4.78, 5) is 17.3. The van der Waals surface area contributed by atoms with E-state index in [9.17, 15) is 4.79 Å². The van der Waals surface area contributed by atoms with Crippen LogP contribution in [-0.2, 0) is 4.79 Å². The van der Waals surface area contributed by atoms with E-state index >= 15 is 0 Å². The van der Waals surface area contributed by atoms with E-state index < -0.39 is 6.10 Å². The van der Waals surface area contributed by atoms with Crippen molar-refractivity contribution in [2.75, 3.05) is 5.32 Å². The van der Waals surface area contributed by atoms with E-state index in [0.717, 1.165) is 29.7 Å². The topological polar surface area (TPSA) is 64.4 Å². The molecule has 1 heterocycles. The maximum Gasteiger partial charge on any atom is 0.265 e. The van der Waals surface area contributed by atoms with E-state index in [1.165, 1.54) is 17.2 Å². The monoisotopic (exact) mass is 396 g/mol. The number of hydrogen-bond acceptors (Lipinski definition) is 5. The predicted molar refractivity (Wildman–Crippen MR) is 117 cm³/mol. The maximum atomic E-state index is 12.9. The summed E-state index contributed by atoms with van der Waals surface area (Å²) in [6, 6.07) is 11.5. The molecule has 146 valence electrons. The van der Waals surface area contributed by atoms with Crippen LogP contribution in [0.1, 0.15) is 37.3 Å². The SMILES string of the molecule is BSc1nc2cc(NC(=O)C(CCCC)Oc3ccc(C)cc3C)ccc2o1. The van der Waals surface area contributed by atoms with Crippen molar-refractivity contribution in [3.8, 4) is 5.75 Å². The van der Waals surface area contributed by atoms with Crippen molar-refractivity contribution < 1.29 is 13.9 Å². The molecule has 0 spiro atoms. The molecule has 0 aliphatic heterocycles. The number of anilines is 1. The molecule has 1 amide bonds. The Balaban J connectivity index is 1.76. The van der Waals surface area contributed by atoms with Crippen LogP contribution in [0, 0.1) is 13.8 Å². The molecule has 0 saturated heterocycles. The minimum absolute atomic E-state index is 0.152. The molecular formula is C21H25BN2O3S. The molecule has 7 heteroatoms. The number of oxazole rings is 1. The molecule has 0 radical (unpaired) electrons. The van der Waals surface area contributed by atoms with Crippen LogP contribution in [0.4, 0.5) is 5.69 Å². The standard InChI is InChI=1S/C21H25BN2O3S/c1-4-5-6-19(26-17-9-7-13(2)11-14(17)3)20(25)23-15-8-10-18-16(12-15)24-21(27-18)28-22/h7-12,19H,4-6,22H2,1-3H3,(H,23,25). The van der Waals surface area contributed by atoms with Crippen LogP contribution < -0.4 is 10.1 Å². The fraction of sp³-hybridized carbons (Fsp3) is 0.333. The first-order valence-electron chi connectivity index (χ1n) is 9.49. The molecule has 5 nitrogen and oxygen atoms in total. The third-order valence-electron chi connectivity index (χ3n) is 4.52. The molecule has 0 fully saturated rings. The highest BCUT2D eigenvalue weighted by molar-refractivity contribution is 8.19. The quantitative estimate of drug-likeness (QED) is 0.561. The van der Waals surface area contributed by atoms with Gasteiger partial charge in [0.05, 0.1) is 0 Å². The van der Waals surface area contributed by atoms with Crippen LogP contribution in [-0.4, -0.2) is 24.1 Å². The van der Waals surface area contributed by atoms with Crippen molar-refractivity contribution in [2.24, 2.45) is 0 Å². The van der Waals surface area contributed by atoms with Crippen molar-refractivity contribution in [3.63, 3.8) is 0 Å². The molecule has 1 atom stereocenters. The first kappa shape index (κ1) is 20.3. The summed E-state index contributed by atoms with van der Waals surface area (Å²) >= 11 is 1.45. The summed E-state index contributed by atoms with van der Waals surface area (Å²) in [7, 11) is 1.91. The van der Waals surface area contributed by atoms with Gasteiger partial charge >= 0.3 is 0 Å². The van der Waals surface area contributed by atoms with Crippen molar-refractivity contribution in [3.05, 3.63) is 47.5 Å². The molecule has 1 N–H and O–H groups in total. The highest BCUT2D eigenvalue weighted by Crippen LogP contribution is 2.25. The van der Waals surface area contributed by atoms with Crippen molar-refractivity contribution >= 4 is 41.4 Å². The summed E-state index contributed by atoms with van der Waals surface area (Å²) in [6.07, 6.45) is 2.04. The molecule has 0 aliphatic rings. The highest BCUT2D eigenvalue weighted by Gasteiger charge is 2.21. The van der Waals surface area contributed by atoms with E-state index in [1.54, 1.807) is 0 Å². The number of unbranched alkanes of at least 4 members (excludes halogenated alkanes) is 1. The normalized spacial score (nSPS) is 12.1. The van der Waals surface area contributed by atoms with Gasteiger partial charge in [-0.15, -0.1) is 11.6 Å². The van der Waals surface area contributed by atoms with Crippen LogP contribution in [0.15, 0.2) is 46.0 Å². The molecular weight excluding hydrogens is 371 g/mol. The second kappa shape index (κ2) is 9.19. The van der Waals surface area contributed by atoms with E-state index in [-0.39, 0.29) is 5.91 Å². The maximum absolute atomic E-state index is 12.9. The van der Waals surface area contributed by atoms with Gasteiger partial charge in [-0.2, -0.15) is 0 Å². The number of nitrogens with one attached hydrogen (secondary N) is 1. The van der Waals surface area contributed by atoms with Gasteiger partial charge in [-0.25, -0.2) is 4.98 Å². The summed E-state index contributed by atoms with van der Waals surface area (Å²) in [5.41, 5.74) is 4.32. The van der Waals surface area contributed by atoms with Gasteiger partial charge < -0.3 is 14.5 Å². The third kappa shape index (κ3) is 4.90. The Morgan fingerprint density at radius 1 is 1.29 bits per heavy atom. The van der Waals surface area contributed by atoms with E-state index in [0.29, 0.717) is 22.9 Å². The molecule has 28 heavy (non-hydrogen) atoms. The second-order valence-corrected chi connectivity index (χ2v) is 7.63. The largest absolute Gasteiger partial charge is 0.480 e. The predicted octanol–water partition coefficient (Wildman–Crippen LogP) is 4.66. The van der Waals surface area contributed by atoms with Gasteiger partial charge in [0.2, 0.25) is 5.22 Å². The molecule has 0 bridgehead atoms. The Morgan fingerprint density at radius 3 is 2.82 bits per heavy atom. The molecule has 1 aromatic heterocycles. The highest BCUT2D eigenvalue weighted by atomic mass is 32.2. The van der Waals surface area contributed by atoms with Crippen molar-refractivity contribution in [2.45, 2.75) is 51.4 Å². The Bertz CT molecular complexity index is 973. The number of benzene rings is 2. The molecule has 2 aromatic carbocycles. The zero-order valence-corrected chi connectivity index (χ0v) is 17.6. The Morgan fingerprint density at radius 2 is 2.11 bits per heavy atom. The number of nitrogens with zero attached hydrogens (tertiary/aromatic N) is 1. The smallest absolute Gasteiger partial charge is 0.265 e. The summed E-state index contributed by atoms with van der Waals surface area (Å²) in [6.45, 7) is 6.15. The summed E-state index contributed by atoms with van der Waals surface area (Å²) in [5.74, 6) is 0.597. The minimum Gasteiger partial charge on any atom is -0.480 e. The first-order valence-corrected chi connectivity index (χ1v) is 10.7. The lowest BCUT2D eigenvalue weighted by Crippen LogP contribution is -2.33. The average Bonchev–Trinajstić information content (AvgIpc) is 3.09. The van der Waals surface area contributed by atoms with Crippen LogP contribution in [0.2, 0.25) is 0 Å². The van der Waals surface area contributed by atoms with E-state index in [1.807, 2.05) is 51.3 Å². The summed E-state index contributed by atoms with van der Waals surface area (Å²) in [5, 5.41) is 3.58. The van der Waals surface area contributed by atoms with Crippen LogP contribution in [0.5, 0.6) is 5.75 Å². The number of fused-ring (bicyclic) bond motifs is 1. The van der Waals surface area contributed by atoms with Crippen molar-refractivity contribution in [1.29, 1.82) is 0 Å². The molecule has 1 unspecified atom stereocenters. The molecule has 0 aliphatic carbocycles. The van der Waals surface area contributed by atoms with Gasteiger partial charge in [-0.3, -0.25) is 4.79 Å². The average molecular weight is 396 g/mol. The molecule has 3 rings (SSSR count). The Kier molecular flexibility index (Phi) is 6.67. The van der Waals surface area contributed by atoms with Gasteiger partial charge in [0, 0.05) is 5.69 Å². The van der Waals surface area contributed by atoms with Crippen LogP contribution in [0.3, 0.4) is 0 Å². The minimum atomic E-state index is -0.545. The number of hydrogen-bond donors (Lipinski definition) is 1. The Hall–Kier alpha value is -2.41. The second-order valence-electron chi connectivity index (χ2n) is 6.87.